The van der Waals surface area contributed by atoms with E-state index in [0.717, 1.165) is 37.8 Å². The topological polar surface area (TPSA) is 29.5 Å². The van der Waals surface area contributed by atoms with Crippen LogP contribution in [-0.2, 0) is 16.1 Å². The largest absolute Gasteiger partial charge is 0.363 e. The average molecular weight is 233 g/mol. The highest BCUT2D eigenvalue weighted by molar-refractivity contribution is 5.62. The van der Waals surface area contributed by atoms with E-state index in [1.54, 1.807) is 0 Å². The molecular formula is C14H19NO2. The molecule has 92 valence electrons. The Kier molecular flexibility index (Phi) is 3.92. The van der Waals surface area contributed by atoms with E-state index in [-0.39, 0.29) is 0 Å². The van der Waals surface area contributed by atoms with Crippen LogP contribution in [0.5, 0.6) is 0 Å². The highest BCUT2D eigenvalue weighted by Gasteiger charge is 2.34. The van der Waals surface area contributed by atoms with E-state index in [1.165, 1.54) is 0 Å². The van der Waals surface area contributed by atoms with E-state index in [2.05, 4.69) is 11.9 Å². The molecule has 0 aromatic heterocycles. The van der Waals surface area contributed by atoms with Crippen molar-refractivity contribution in [2.45, 2.75) is 25.0 Å². The van der Waals surface area contributed by atoms with Gasteiger partial charge in [0.05, 0.1) is 6.61 Å². The van der Waals surface area contributed by atoms with Crippen LogP contribution in [0.4, 0.5) is 0 Å². The first-order valence-electron chi connectivity index (χ1n) is 6.07. The Morgan fingerprint density at radius 3 is 2.53 bits per heavy atom. The third-order valence-corrected chi connectivity index (χ3v) is 3.42. The van der Waals surface area contributed by atoms with Gasteiger partial charge in [0.15, 0.2) is 6.29 Å². The molecule has 3 nitrogen and oxygen atoms in total. The molecule has 0 bridgehead atoms. The predicted molar refractivity (Wildman–Crippen MR) is 66.8 cm³/mol. The minimum atomic E-state index is -0.567. The molecule has 1 aliphatic rings. The minimum absolute atomic E-state index is 0.517. The van der Waals surface area contributed by atoms with E-state index in [0.29, 0.717) is 6.61 Å². The summed E-state index contributed by atoms with van der Waals surface area (Å²) in [6.45, 7) is 2.37. The monoisotopic (exact) mass is 233 g/mol. The molecule has 0 aliphatic carbocycles. The fraction of sp³-hybridized carbons (Fsp3) is 0.500. The Labute approximate surface area is 102 Å². The molecule has 1 heterocycles. The van der Waals surface area contributed by atoms with Crippen molar-refractivity contribution >= 4 is 6.29 Å². The number of nitrogens with zero attached hydrogens (tertiary/aromatic N) is 1. The van der Waals surface area contributed by atoms with E-state index in [1.807, 2.05) is 30.3 Å². The molecule has 1 aliphatic heterocycles. The predicted octanol–water partition coefficient (Wildman–Crippen LogP) is 1.87. The second kappa shape index (κ2) is 5.43. The lowest BCUT2D eigenvalue weighted by Crippen LogP contribution is -2.45. The highest BCUT2D eigenvalue weighted by Crippen LogP contribution is 2.25. The molecular weight excluding hydrogens is 214 g/mol. The van der Waals surface area contributed by atoms with Crippen molar-refractivity contribution in [1.29, 1.82) is 0 Å². The number of carbonyl (C=O) groups excluding carboxylic acids is 1. The van der Waals surface area contributed by atoms with E-state index < -0.39 is 5.60 Å². The van der Waals surface area contributed by atoms with Crippen LogP contribution in [0.2, 0.25) is 0 Å². The maximum absolute atomic E-state index is 11.3. The van der Waals surface area contributed by atoms with Gasteiger partial charge < -0.3 is 14.4 Å². The van der Waals surface area contributed by atoms with Gasteiger partial charge in [0, 0.05) is 13.1 Å². The molecule has 1 aromatic rings. The number of benzene rings is 1. The molecule has 1 aromatic carbocycles. The van der Waals surface area contributed by atoms with Gasteiger partial charge >= 0.3 is 0 Å². The van der Waals surface area contributed by atoms with Crippen LogP contribution in [-0.4, -0.2) is 36.9 Å². The Hall–Kier alpha value is -1.19. The van der Waals surface area contributed by atoms with Crippen molar-refractivity contribution in [2.24, 2.45) is 0 Å². The molecule has 0 saturated carbocycles. The number of likely N-dealkylation sites (tertiary alicyclic amines) is 1. The number of piperidine rings is 1. The van der Waals surface area contributed by atoms with Crippen molar-refractivity contribution in [1.82, 2.24) is 4.90 Å². The Morgan fingerprint density at radius 2 is 1.94 bits per heavy atom. The van der Waals surface area contributed by atoms with Gasteiger partial charge in [-0.25, -0.2) is 0 Å². The smallest absolute Gasteiger partial charge is 0.151 e. The summed E-state index contributed by atoms with van der Waals surface area (Å²) >= 11 is 0. The summed E-state index contributed by atoms with van der Waals surface area (Å²) in [5.41, 5.74) is 0.551. The van der Waals surface area contributed by atoms with Gasteiger partial charge in [0.25, 0.3) is 0 Å². The molecule has 0 spiro atoms. The number of ether oxygens (including phenoxy) is 1. The van der Waals surface area contributed by atoms with E-state index >= 15 is 0 Å². The van der Waals surface area contributed by atoms with Crippen LogP contribution < -0.4 is 0 Å². The van der Waals surface area contributed by atoms with Gasteiger partial charge in [-0.1, -0.05) is 30.3 Å². The second-order valence-corrected chi connectivity index (χ2v) is 4.76. The zero-order chi connectivity index (χ0) is 12.1. The van der Waals surface area contributed by atoms with Crippen molar-refractivity contribution < 1.29 is 9.53 Å². The number of carbonyl (C=O) groups is 1. The zero-order valence-electron chi connectivity index (χ0n) is 10.3. The molecule has 0 radical (unpaired) electrons. The molecule has 2 rings (SSSR count). The summed E-state index contributed by atoms with van der Waals surface area (Å²) in [6.07, 6.45) is 2.57. The van der Waals surface area contributed by atoms with Crippen molar-refractivity contribution in [3.63, 3.8) is 0 Å². The molecule has 1 saturated heterocycles. The Morgan fingerprint density at radius 1 is 1.29 bits per heavy atom. The molecule has 0 amide bonds. The molecule has 1 fully saturated rings. The summed E-state index contributed by atoms with van der Waals surface area (Å²) in [5.74, 6) is 0. The van der Waals surface area contributed by atoms with Gasteiger partial charge in [-0.2, -0.15) is 0 Å². The summed E-state index contributed by atoms with van der Waals surface area (Å²) < 4.78 is 5.86. The lowest BCUT2D eigenvalue weighted by Gasteiger charge is -2.36. The van der Waals surface area contributed by atoms with Crippen LogP contribution in [0.25, 0.3) is 0 Å². The lowest BCUT2D eigenvalue weighted by atomic mass is 9.93. The number of aldehydes is 1. The standard InChI is InChI=1S/C14H19NO2/c1-15-9-7-14(12-16,8-10-15)17-11-13-5-3-2-4-6-13/h2-6,12H,7-11H2,1H3. The average Bonchev–Trinajstić information content (AvgIpc) is 2.40. The summed E-state index contributed by atoms with van der Waals surface area (Å²) in [7, 11) is 2.08. The van der Waals surface area contributed by atoms with Crippen LogP contribution in [0.3, 0.4) is 0 Å². The summed E-state index contributed by atoms with van der Waals surface area (Å²) in [5, 5.41) is 0. The Balaban J connectivity index is 1.94. The third-order valence-electron chi connectivity index (χ3n) is 3.42. The fourth-order valence-corrected chi connectivity index (χ4v) is 2.09. The first kappa shape index (κ1) is 12.3. The maximum atomic E-state index is 11.3. The van der Waals surface area contributed by atoms with Crippen molar-refractivity contribution in [2.75, 3.05) is 20.1 Å². The first-order chi connectivity index (χ1) is 8.24. The van der Waals surface area contributed by atoms with Crippen molar-refractivity contribution in [3.8, 4) is 0 Å². The molecule has 3 heteroatoms. The quantitative estimate of drug-likeness (QED) is 0.743. The van der Waals surface area contributed by atoms with Gasteiger partial charge in [-0.3, -0.25) is 0 Å². The highest BCUT2D eigenvalue weighted by atomic mass is 16.5. The number of rotatable bonds is 4. The van der Waals surface area contributed by atoms with Crippen LogP contribution in [0.1, 0.15) is 18.4 Å². The molecule has 0 unspecified atom stereocenters. The number of hydrogen-bond acceptors (Lipinski definition) is 3. The molecule has 0 atom stereocenters. The SMILES string of the molecule is CN1CCC(C=O)(OCc2ccccc2)CC1. The number of hydrogen-bond donors (Lipinski definition) is 0. The van der Waals surface area contributed by atoms with Gasteiger partial charge in [-0.15, -0.1) is 0 Å². The lowest BCUT2D eigenvalue weighted by molar-refractivity contribution is -0.140. The minimum Gasteiger partial charge on any atom is -0.363 e. The van der Waals surface area contributed by atoms with E-state index in [9.17, 15) is 4.79 Å². The van der Waals surface area contributed by atoms with Gasteiger partial charge in [0.1, 0.15) is 5.60 Å². The van der Waals surface area contributed by atoms with Gasteiger partial charge in [0.2, 0.25) is 0 Å². The van der Waals surface area contributed by atoms with Crippen LogP contribution in [0.15, 0.2) is 30.3 Å². The molecule has 17 heavy (non-hydrogen) atoms. The summed E-state index contributed by atoms with van der Waals surface area (Å²) in [6, 6.07) is 10.00. The normalized spacial score (nSPS) is 20.1. The summed E-state index contributed by atoms with van der Waals surface area (Å²) in [4.78, 5) is 13.5. The van der Waals surface area contributed by atoms with Crippen LogP contribution >= 0.6 is 0 Å². The van der Waals surface area contributed by atoms with Gasteiger partial charge in [-0.05, 0) is 25.5 Å². The van der Waals surface area contributed by atoms with Crippen LogP contribution in [0, 0.1) is 0 Å². The van der Waals surface area contributed by atoms with E-state index in [4.69, 9.17) is 4.74 Å². The first-order valence-corrected chi connectivity index (χ1v) is 6.07. The second-order valence-electron chi connectivity index (χ2n) is 4.76. The fourth-order valence-electron chi connectivity index (χ4n) is 2.09. The maximum Gasteiger partial charge on any atom is 0.151 e. The Bertz CT molecular complexity index is 356. The molecule has 0 N–H and O–H groups in total. The van der Waals surface area contributed by atoms with Crippen molar-refractivity contribution in [3.05, 3.63) is 35.9 Å². The third kappa shape index (κ3) is 3.14. The zero-order valence-corrected chi connectivity index (χ0v) is 10.3.